The lowest BCUT2D eigenvalue weighted by atomic mass is 9.95. The van der Waals surface area contributed by atoms with Crippen molar-refractivity contribution in [3.05, 3.63) is 107 Å². The van der Waals surface area contributed by atoms with Crippen LogP contribution in [0.4, 0.5) is 5.69 Å². The van der Waals surface area contributed by atoms with E-state index in [2.05, 4.69) is 40.0 Å². The summed E-state index contributed by atoms with van der Waals surface area (Å²) in [6, 6.07) is 20.9. The molecule has 0 atom stereocenters. The zero-order valence-corrected chi connectivity index (χ0v) is 25.8. The summed E-state index contributed by atoms with van der Waals surface area (Å²) >= 11 is 1.59. The second-order valence-electron chi connectivity index (χ2n) is 10.1. The standard InChI is InChI=1S/C33H34N3O4S2/c1-5-6-18-34-42(38,39)27-15-16-31-30(22-27)36(3)32(41-31)21-26(23-11-13-24(14-12-23)33(37)40-4)20-25-17-19-35(2)29-10-8-7-9-28(25)29/h7-17,19-22,34H,5-6,18H2,1-4H3/q+1. The Kier molecular flexibility index (Phi) is 8.72. The van der Waals surface area contributed by atoms with Crippen molar-refractivity contribution in [2.45, 2.75) is 24.7 Å². The molecule has 9 heteroatoms. The molecule has 0 spiro atoms. The fraction of sp³-hybridized carbons (Fsp3) is 0.212. The van der Waals surface area contributed by atoms with E-state index in [0.717, 1.165) is 56.0 Å². The molecule has 216 valence electrons. The number of allylic oxidation sites excluding steroid dienone is 4. The second-order valence-corrected chi connectivity index (χ2v) is 12.9. The largest absolute Gasteiger partial charge is 0.465 e. The maximum atomic E-state index is 12.9. The molecule has 1 aromatic heterocycles. The number of unbranched alkanes of at least 4 members (excludes halogenated alkanes) is 1. The van der Waals surface area contributed by atoms with Gasteiger partial charge in [0.2, 0.25) is 15.5 Å². The first-order valence-corrected chi connectivity index (χ1v) is 16.1. The summed E-state index contributed by atoms with van der Waals surface area (Å²) in [6.07, 6.45) is 10.1. The lowest BCUT2D eigenvalue weighted by Crippen LogP contribution is -2.30. The molecule has 4 aromatic rings. The first-order chi connectivity index (χ1) is 20.2. The third-order valence-corrected chi connectivity index (χ3v) is 9.90. The zero-order chi connectivity index (χ0) is 29.9. The maximum Gasteiger partial charge on any atom is 0.337 e. The summed E-state index contributed by atoms with van der Waals surface area (Å²) in [4.78, 5) is 14.4. The van der Waals surface area contributed by atoms with Gasteiger partial charge in [0, 0.05) is 43.2 Å². The Hall–Kier alpha value is -4.05. The number of nitrogens with one attached hydrogen (secondary N) is 1. The number of esters is 1. The number of hydrogen-bond donors (Lipinski definition) is 1. The summed E-state index contributed by atoms with van der Waals surface area (Å²) in [5.74, 6) is -0.386. The number of sulfonamides is 1. The van der Waals surface area contributed by atoms with Gasteiger partial charge in [0.05, 0.1) is 17.6 Å². The molecule has 0 radical (unpaired) electrons. The Morgan fingerprint density at radius 2 is 1.81 bits per heavy atom. The number of anilines is 1. The van der Waals surface area contributed by atoms with Crippen molar-refractivity contribution < 1.29 is 22.5 Å². The molecule has 1 N–H and O–H groups in total. The normalized spacial score (nSPS) is 14.4. The van der Waals surface area contributed by atoms with Gasteiger partial charge in [0.25, 0.3) is 5.01 Å². The molecule has 3 aromatic carbocycles. The van der Waals surface area contributed by atoms with E-state index in [1.54, 1.807) is 35.6 Å². The van der Waals surface area contributed by atoms with Crippen LogP contribution in [0, 0.1) is 0 Å². The smallest absolute Gasteiger partial charge is 0.337 e. The number of thiazole rings is 1. The number of ether oxygens (including phenoxy) is 1. The summed E-state index contributed by atoms with van der Waals surface area (Å²) in [6.45, 7) is 2.45. The van der Waals surface area contributed by atoms with Crippen LogP contribution < -0.4 is 14.2 Å². The highest BCUT2D eigenvalue weighted by Gasteiger charge is 2.22. The summed E-state index contributed by atoms with van der Waals surface area (Å²) in [7, 11) is 1.75. The number of aromatic nitrogens is 1. The van der Waals surface area contributed by atoms with Gasteiger partial charge in [-0.25, -0.2) is 17.9 Å². The van der Waals surface area contributed by atoms with Crippen LogP contribution >= 0.6 is 11.3 Å². The number of rotatable bonds is 9. The molecule has 2 heterocycles. The minimum absolute atomic E-state index is 0.254. The Balaban J connectivity index is 1.62. The van der Waals surface area contributed by atoms with E-state index in [-0.39, 0.29) is 10.9 Å². The fourth-order valence-corrected chi connectivity index (χ4v) is 7.02. The molecular formula is C33H34N3O4S2+. The number of benzene rings is 3. The first-order valence-electron chi connectivity index (χ1n) is 13.8. The Labute approximate surface area is 251 Å². The average molecular weight is 601 g/mol. The van der Waals surface area contributed by atoms with Crippen molar-refractivity contribution in [1.29, 1.82) is 0 Å². The van der Waals surface area contributed by atoms with E-state index in [4.69, 9.17) is 4.74 Å². The molecule has 1 aliphatic heterocycles. The van der Waals surface area contributed by atoms with Gasteiger partial charge in [-0.05, 0) is 65.6 Å². The highest BCUT2D eigenvalue weighted by atomic mass is 32.2. The van der Waals surface area contributed by atoms with Crippen molar-refractivity contribution >= 4 is 60.5 Å². The van der Waals surface area contributed by atoms with Crippen LogP contribution in [0.5, 0.6) is 0 Å². The molecule has 0 unspecified atom stereocenters. The third-order valence-electron chi connectivity index (χ3n) is 7.27. The first kappa shape index (κ1) is 29.4. The number of para-hydroxylation sites is 1. The number of methoxy groups -OCH3 is 1. The average Bonchev–Trinajstić information content (AvgIpc) is 3.32. The highest BCUT2D eigenvalue weighted by molar-refractivity contribution is 7.89. The topological polar surface area (TPSA) is 79.6 Å². The van der Waals surface area contributed by atoms with Gasteiger partial charge in [-0.3, -0.25) is 0 Å². The molecule has 0 fully saturated rings. The van der Waals surface area contributed by atoms with Gasteiger partial charge < -0.3 is 9.64 Å². The van der Waals surface area contributed by atoms with E-state index in [0.29, 0.717) is 12.1 Å². The minimum Gasteiger partial charge on any atom is -0.465 e. The lowest BCUT2D eigenvalue weighted by Gasteiger charge is -2.24. The van der Waals surface area contributed by atoms with Gasteiger partial charge in [0.15, 0.2) is 0 Å². The zero-order valence-electron chi connectivity index (χ0n) is 24.1. The number of carbonyl (C=O) groups excluding carboxylic acids is 1. The van der Waals surface area contributed by atoms with Gasteiger partial charge in [-0.1, -0.05) is 55.0 Å². The number of nitrogens with zero attached hydrogens (tertiary/aromatic N) is 2. The van der Waals surface area contributed by atoms with Crippen molar-refractivity contribution in [1.82, 2.24) is 4.72 Å². The number of carbonyl (C=O) groups is 1. The highest BCUT2D eigenvalue weighted by Crippen LogP contribution is 2.35. The molecule has 0 saturated carbocycles. The number of aryl methyl sites for hydroxylation is 1. The Morgan fingerprint density at radius 1 is 1.07 bits per heavy atom. The van der Waals surface area contributed by atoms with Crippen LogP contribution in [-0.4, -0.2) is 35.1 Å². The monoisotopic (exact) mass is 600 g/mol. The summed E-state index contributed by atoms with van der Waals surface area (Å²) < 4.78 is 36.4. The SMILES string of the molecule is CCCCNS(=O)(=O)c1ccc2sc(/C=C(/C=C3\C=CN(C)c4ccccc43)c3ccc(C(=O)OC)cc3)[n+](C)c2c1. The Morgan fingerprint density at radius 3 is 2.55 bits per heavy atom. The fourth-order valence-electron chi connectivity index (χ4n) is 4.84. The van der Waals surface area contributed by atoms with E-state index < -0.39 is 10.0 Å². The van der Waals surface area contributed by atoms with Crippen molar-refractivity contribution in [3.63, 3.8) is 0 Å². The third kappa shape index (κ3) is 6.09. The summed E-state index contributed by atoms with van der Waals surface area (Å²) in [5.41, 5.74) is 6.48. The lowest BCUT2D eigenvalue weighted by molar-refractivity contribution is -0.642. The quantitative estimate of drug-likeness (QED) is 0.141. The molecule has 42 heavy (non-hydrogen) atoms. The molecule has 0 saturated heterocycles. The van der Waals surface area contributed by atoms with E-state index in [1.165, 1.54) is 7.11 Å². The van der Waals surface area contributed by atoms with Crippen LogP contribution in [0.3, 0.4) is 0 Å². The van der Waals surface area contributed by atoms with E-state index in [1.807, 2.05) is 62.1 Å². The molecule has 0 amide bonds. The molecular weight excluding hydrogens is 567 g/mol. The molecule has 7 nitrogen and oxygen atoms in total. The minimum atomic E-state index is -3.60. The van der Waals surface area contributed by atoms with Crippen LogP contribution in [-0.2, 0) is 21.8 Å². The molecule has 0 bridgehead atoms. The predicted molar refractivity (Wildman–Crippen MR) is 171 cm³/mol. The second kappa shape index (κ2) is 12.4. The van der Waals surface area contributed by atoms with Crippen LogP contribution in [0.25, 0.3) is 27.4 Å². The van der Waals surface area contributed by atoms with Crippen molar-refractivity contribution in [2.75, 3.05) is 25.6 Å². The van der Waals surface area contributed by atoms with Crippen molar-refractivity contribution in [2.24, 2.45) is 7.05 Å². The van der Waals surface area contributed by atoms with E-state index >= 15 is 0 Å². The van der Waals surface area contributed by atoms with Crippen LogP contribution in [0.1, 0.15) is 46.3 Å². The van der Waals surface area contributed by atoms with Crippen molar-refractivity contribution in [3.8, 4) is 0 Å². The Bertz CT molecular complexity index is 1830. The van der Waals surface area contributed by atoms with E-state index in [9.17, 15) is 13.2 Å². The van der Waals surface area contributed by atoms with Gasteiger partial charge in [0.1, 0.15) is 11.7 Å². The predicted octanol–water partition coefficient (Wildman–Crippen LogP) is 6.18. The van der Waals surface area contributed by atoms with Gasteiger partial charge in [-0.15, -0.1) is 0 Å². The molecule has 1 aliphatic rings. The van der Waals surface area contributed by atoms with Gasteiger partial charge >= 0.3 is 5.97 Å². The number of fused-ring (bicyclic) bond motifs is 2. The van der Waals surface area contributed by atoms with Crippen LogP contribution in [0.15, 0.2) is 90.0 Å². The summed E-state index contributed by atoms with van der Waals surface area (Å²) in [5, 5.41) is 0.951. The number of hydrogen-bond acceptors (Lipinski definition) is 6. The molecule has 0 aliphatic carbocycles. The van der Waals surface area contributed by atoms with Gasteiger partial charge in [-0.2, -0.15) is 4.57 Å². The molecule has 5 rings (SSSR count). The maximum absolute atomic E-state index is 12.9. The van der Waals surface area contributed by atoms with Crippen LogP contribution in [0.2, 0.25) is 0 Å².